The third-order valence-electron chi connectivity index (χ3n) is 5.42. The lowest BCUT2D eigenvalue weighted by Gasteiger charge is -2.23. The molecule has 2 heterocycles. The van der Waals surface area contributed by atoms with E-state index < -0.39 is 0 Å². The summed E-state index contributed by atoms with van der Waals surface area (Å²) in [7, 11) is 1.65. The summed E-state index contributed by atoms with van der Waals surface area (Å²) < 4.78 is 5.29. The number of pyridine rings is 1. The second-order valence-corrected chi connectivity index (χ2v) is 8.66. The first-order valence-corrected chi connectivity index (χ1v) is 11.1. The number of methoxy groups -OCH3 is 1. The van der Waals surface area contributed by atoms with E-state index >= 15 is 0 Å². The number of thiophene rings is 1. The average Bonchev–Trinajstić information content (AvgIpc) is 3.11. The highest BCUT2D eigenvalue weighted by atomic mass is 32.1. The molecule has 5 nitrogen and oxygen atoms in total. The van der Waals surface area contributed by atoms with Gasteiger partial charge in [-0.1, -0.05) is 18.2 Å². The third-order valence-corrected chi connectivity index (χ3v) is 6.56. The average molecular weight is 444 g/mol. The molecule has 0 fully saturated rings. The minimum atomic E-state index is -0.164. The van der Waals surface area contributed by atoms with Crippen molar-refractivity contribution in [2.45, 2.75) is 19.9 Å². The molecule has 0 radical (unpaired) electrons. The quantitative estimate of drug-likeness (QED) is 0.356. The second kappa shape index (κ2) is 9.66. The van der Waals surface area contributed by atoms with Crippen molar-refractivity contribution < 1.29 is 9.53 Å². The molecule has 0 bridgehead atoms. The van der Waals surface area contributed by atoms with Gasteiger partial charge in [-0.3, -0.25) is 9.78 Å². The lowest BCUT2D eigenvalue weighted by Crippen LogP contribution is -2.17. The summed E-state index contributed by atoms with van der Waals surface area (Å²) in [6.45, 7) is 4.18. The van der Waals surface area contributed by atoms with Crippen LogP contribution in [-0.4, -0.2) is 18.0 Å². The minimum absolute atomic E-state index is 0.119. The fourth-order valence-electron chi connectivity index (χ4n) is 3.58. The van der Waals surface area contributed by atoms with E-state index in [2.05, 4.69) is 29.5 Å². The van der Waals surface area contributed by atoms with Crippen LogP contribution in [0.2, 0.25) is 0 Å². The number of hydrogen-bond donors (Lipinski definition) is 2. The Bertz CT molecular complexity index is 1190. The molecule has 1 amide bonds. The van der Waals surface area contributed by atoms with Crippen LogP contribution in [0.3, 0.4) is 0 Å². The van der Waals surface area contributed by atoms with E-state index in [-0.39, 0.29) is 11.9 Å². The predicted molar refractivity (Wildman–Crippen MR) is 131 cm³/mol. The summed E-state index contributed by atoms with van der Waals surface area (Å²) in [4.78, 5) is 18.3. The van der Waals surface area contributed by atoms with Crippen molar-refractivity contribution in [3.05, 3.63) is 106 Å². The molecule has 0 saturated heterocycles. The van der Waals surface area contributed by atoms with Gasteiger partial charge >= 0.3 is 0 Å². The molecule has 0 aliphatic heterocycles. The third kappa shape index (κ3) is 4.65. The van der Waals surface area contributed by atoms with Gasteiger partial charge in [-0.2, -0.15) is 0 Å². The lowest BCUT2D eigenvalue weighted by molar-refractivity contribution is 0.102. The number of nitrogens with zero attached hydrogens (tertiary/aromatic N) is 1. The minimum Gasteiger partial charge on any atom is -0.497 e. The van der Waals surface area contributed by atoms with E-state index in [0.717, 1.165) is 33.1 Å². The van der Waals surface area contributed by atoms with Gasteiger partial charge in [0.25, 0.3) is 5.91 Å². The number of carbonyl (C=O) groups excluding carboxylic acids is 1. The maximum absolute atomic E-state index is 12.9. The molecule has 162 valence electrons. The Kier molecular flexibility index (Phi) is 6.52. The van der Waals surface area contributed by atoms with Gasteiger partial charge in [-0.15, -0.1) is 11.3 Å². The zero-order valence-electron chi connectivity index (χ0n) is 18.3. The van der Waals surface area contributed by atoms with Crippen molar-refractivity contribution in [1.29, 1.82) is 0 Å². The standard InChI is InChI=1S/C26H25N3O2S/c1-17-18(2)32-26(29-25(30)20-7-5-4-6-8-20)23(17)24(19-13-15-27-16-14-19)28-21-9-11-22(31-3)12-10-21/h4-16,24,28H,1-3H3,(H,29,30)/t24-/m0/s1. The van der Waals surface area contributed by atoms with E-state index in [4.69, 9.17) is 4.74 Å². The van der Waals surface area contributed by atoms with Crippen molar-refractivity contribution >= 4 is 27.9 Å². The first kappa shape index (κ1) is 21.6. The number of aryl methyl sites for hydroxylation is 1. The number of benzene rings is 2. The van der Waals surface area contributed by atoms with Gasteiger partial charge in [-0.25, -0.2) is 0 Å². The van der Waals surface area contributed by atoms with E-state index in [9.17, 15) is 4.79 Å². The van der Waals surface area contributed by atoms with E-state index in [1.54, 1.807) is 30.8 Å². The first-order valence-electron chi connectivity index (χ1n) is 10.3. The maximum Gasteiger partial charge on any atom is 0.256 e. The van der Waals surface area contributed by atoms with Gasteiger partial charge in [0.2, 0.25) is 0 Å². The number of aromatic nitrogens is 1. The van der Waals surface area contributed by atoms with Gasteiger partial charge in [0.05, 0.1) is 13.2 Å². The number of ether oxygens (including phenoxy) is 1. The van der Waals surface area contributed by atoms with Crippen LogP contribution in [-0.2, 0) is 0 Å². The summed E-state index contributed by atoms with van der Waals surface area (Å²) in [5.41, 5.74) is 4.86. The van der Waals surface area contributed by atoms with E-state index in [1.807, 2.05) is 66.7 Å². The number of hydrogen-bond acceptors (Lipinski definition) is 5. The fraction of sp³-hybridized carbons (Fsp3) is 0.154. The Morgan fingerprint density at radius 2 is 1.66 bits per heavy atom. The molecule has 2 aromatic carbocycles. The van der Waals surface area contributed by atoms with Crippen molar-refractivity contribution in [2.75, 3.05) is 17.7 Å². The van der Waals surface area contributed by atoms with E-state index in [0.29, 0.717) is 5.56 Å². The van der Waals surface area contributed by atoms with Crippen LogP contribution >= 0.6 is 11.3 Å². The van der Waals surface area contributed by atoms with Crippen LogP contribution in [0.1, 0.15) is 38.0 Å². The van der Waals surface area contributed by atoms with Gasteiger partial charge in [0, 0.05) is 34.1 Å². The summed E-state index contributed by atoms with van der Waals surface area (Å²) in [5, 5.41) is 7.63. The molecule has 0 unspecified atom stereocenters. The second-order valence-electron chi connectivity index (χ2n) is 7.43. The van der Waals surface area contributed by atoms with Crippen LogP contribution in [0.25, 0.3) is 0 Å². The number of anilines is 2. The van der Waals surface area contributed by atoms with Crippen molar-refractivity contribution in [1.82, 2.24) is 4.98 Å². The number of rotatable bonds is 7. The molecule has 6 heteroatoms. The largest absolute Gasteiger partial charge is 0.497 e. The van der Waals surface area contributed by atoms with Crippen molar-refractivity contribution in [2.24, 2.45) is 0 Å². The van der Waals surface area contributed by atoms with Gasteiger partial charge < -0.3 is 15.4 Å². The smallest absolute Gasteiger partial charge is 0.256 e. The summed E-state index contributed by atoms with van der Waals surface area (Å²) in [5.74, 6) is 0.681. The number of amides is 1. The molecule has 4 aromatic rings. The Hall–Kier alpha value is -3.64. The molecule has 0 spiro atoms. The Balaban J connectivity index is 1.74. The monoisotopic (exact) mass is 443 g/mol. The molecule has 0 aliphatic carbocycles. The molecular formula is C26H25N3O2S. The summed E-state index contributed by atoms with van der Waals surface area (Å²) in [6.07, 6.45) is 3.57. The normalized spacial score (nSPS) is 11.6. The molecule has 4 rings (SSSR count). The number of nitrogens with one attached hydrogen (secondary N) is 2. The SMILES string of the molecule is COc1ccc(N[C@@H](c2ccncc2)c2c(NC(=O)c3ccccc3)sc(C)c2C)cc1. The Labute approximate surface area is 192 Å². The molecule has 1 atom stereocenters. The van der Waals surface area contributed by atoms with Crippen molar-refractivity contribution in [3.63, 3.8) is 0 Å². The summed E-state index contributed by atoms with van der Waals surface area (Å²) in [6, 6.07) is 20.9. The van der Waals surface area contributed by atoms with Crippen LogP contribution in [0.4, 0.5) is 10.7 Å². The predicted octanol–water partition coefficient (Wildman–Crippen LogP) is 6.22. The van der Waals surface area contributed by atoms with Gasteiger partial charge in [0.15, 0.2) is 0 Å². The molecular weight excluding hydrogens is 418 g/mol. The highest BCUT2D eigenvalue weighted by Crippen LogP contribution is 2.41. The molecule has 2 N–H and O–H groups in total. The van der Waals surface area contributed by atoms with Crippen LogP contribution in [0.15, 0.2) is 79.1 Å². The molecule has 0 saturated carbocycles. The topological polar surface area (TPSA) is 63.2 Å². The number of carbonyl (C=O) groups is 1. The van der Waals surface area contributed by atoms with Crippen LogP contribution in [0, 0.1) is 13.8 Å². The molecule has 32 heavy (non-hydrogen) atoms. The Morgan fingerprint density at radius 3 is 2.31 bits per heavy atom. The zero-order valence-corrected chi connectivity index (χ0v) is 19.1. The van der Waals surface area contributed by atoms with E-state index in [1.165, 1.54) is 4.88 Å². The zero-order chi connectivity index (χ0) is 22.5. The molecule has 0 aliphatic rings. The molecule has 2 aromatic heterocycles. The van der Waals surface area contributed by atoms with Crippen molar-refractivity contribution in [3.8, 4) is 5.75 Å². The fourth-order valence-corrected chi connectivity index (χ4v) is 4.68. The highest BCUT2D eigenvalue weighted by Gasteiger charge is 2.25. The highest BCUT2D eigenvalue weighted by molar-refractivity contribution is 7.16. The van der Waals surface area contributed by atoms with Gasteiger partial charge in [-0.05, 0) is 73.5 Å². The van der Waals surface area contributed by atoms with Gasteiger partial charge in [0.1, 0.15) is 10.8 Å². The van der Waals surface area contributed by atoms with Crippen LogP contribution < -0.4 is 15.4 Å². The lowest BCUT2D eigenvalue weighted by atomic mass is 9.96. The van der Waals surface area contributed by atoms with Crippen LogP contribution in [0.5, 0.6) is 5.75 Å². The first-order chi connectivity index (χ1) is 15.6. The maximum atomic E-state index is 12.9. The summed E-state index contributed by atoms with van der Waals surface area (Å²) >= 11 is 1.60. The Morgan fingerprint density at radius 1 is 0.969 bits per heavy atom.